The molecule has 1 heterocycles. The highest BCUT2D eigenvalue weighted by molar-refractivity contribution is 6.00. The number of aldehydes is 1. The summed E-state index contributed by atoms with van der Waals surface area (Å²) in [7, 11) is 0. The second kappa shape index (κ2) is 16.1. The predicted octanol–water partition coefficient (Wildman–Crippen LogP) is 1.14. The minimum Gasteiger partial charge on any atom is -0.349 e. The van der Waals surface area contributed by atoms with E-state index in [0.29, 0.717) is 24.3 Å². The van der Waals surface area contributed by atoms with Gasteiger partial charge in [-0.05, 0) is 18.4 Å². The van der Waals surface area contributed by atoms with E-state index in [1.807, 2.05) is 37.1 Å². The molecule has 0 aliphatic carbocycles. The van der Waals surface area contributed by atoms with Gasteiger partial charge >= 0.3 is 0 Å². The smallest absolute Gasteiger partial charge is 0.253 e. The first kappa shape index (κ1) is 28.5. The number of nitrogens with one attached hydrogen (secondary N) is 1. The maximum Gasteiger partial charge on any atom is 0.253 e. The Morgan fingerprint density at radius 3 is 2.29 bits per heavy atom. The number of rotatable bonds is 15. The molecule has 1 aliphatic rings. The van der Waals surface area contributed by atoms with Crippen LogP contribution in [0.5, 0.6) is 0 Å². The van der Waals surface area contributed by atoms with Crippen LogP contribution in [-0.2, 0) is 44.8 Å². The number of amides is 3. The molecule has 1 atom stereocenters. The van der Waals surface area contributed by atoms with Gasteiger partial charge in [0.05, 0.1) is 13.2 Å². The standard InChI is InChI=1S/C23H28N2O7.CH2O/c26-12-5-4-8-20(28)16-24-23(31)18(14-17-6-2-1-3-7-17)15-19(27)11-13-32-25-21(29)9-10-22(25)30;1-2/h1-3,6-7,12,18H,4-5,8-11,13-16H2,(H,24,31);1H2. The van der Waals surface area contributed by atoms with Crippen LogP contribution < -0.4 is 5.32 Å². The van der Waals surface area contributed by atoms with E-state index in [1.54, 1.807) is 0 Å². The molecule has 1 N–H and O–H groups in total. The average molecular weight is 475 g/mol. The SMILES string of the molecule is C=O.O=CCCCC(=O)CNC(=O)C(CC(=O)CCON1C(=O)CCC1=O)Cc1ccccc1. The number of imide groups is 1. The van der Waals surface area contributed by atoms with Crippen molar-refractivity contribution in [1.82, 2.24) is 10.4 Å². The van der Waals surface area contributed by atoms with E-state index in [9.17, 15) is 28.8 Å². The van der Waals surface area contributed by atoms with Crippen molar-refractivity contribution in [3.05, 3.63) is 35.9 Å². The lowest BCUT2D eigenvalue weighted by atomic mass is 9.92. The zero-order chi connectivity index (χ0) is 25.3. The molecule has 184 valence electrons. The zero-order valence-electron chi connectivity index (χ0n) is 19.0. The van der Waals surface area contributed by atoms with Crippen LogP contribution in [-0.4, -0.2) is 60.6 Å². The molecule has 1 unspecified atom stereocenters. The molecule has 1 aromatic carbocycles. The van der Waals surface area contributed by atoms with Gasteiger partial charge in [-0.2, -0.15) is 5.06 Å². The van der Waals surface area contributed by atoms with Crippen molar-refractivity contribution >= 4 is 42.4 Å². The van der Waals surface area contributed by atoms with Crippen molar-refractivity contribution in [2.45, 2.75) is 51.4 Å². The fourth-order valence-electron chi connectivity index (χ4n) is 3.28. The Morgan fingerprint density at radius 1 is 1.03 bits per heavy atom. The largest absolute Gasteiger partial charge is 0.349 e. The predicted molar refractivity (Wildman–Crippen MR) is 120 cm³/mol. The summed E-state index contributed by atoms with van der Waals surface area (Å²) in [5.41, 5.74) is 0.877. The highest BCUT2D eigenvalue weighted by atomic mass is 16.7. The Hall–Kier alpha value is -3.53. The number of benzene rings is 1. The molecule has 0 radical (unpaired) electrons. The highest BCUT2D eigenvalue weighted by Gasteiger charge is 2.30. The number of Topliss-reactive ketones (excluding diaryl/α,β-unsaturated/α-hetero) is 2. The van der Waals surface area contributed by atoms with Crippen LogP contribution in [0.4, 0.5) is 0 Å². The van der Waals surface area contributed by atoms with Gasteiger partial charge in [-0.1, -0.05) is 30.3 Å². The molecule has 34 heavy (non-hydrogen) atoms. The lowest BCUT2D eigenvalue weighted by Crippen LogP contribution is -2.36. The summed E-state index contributed by atoms with van der Waals surface area (Å²) >= 11 is 0. The zero-order valence-corrected chi connectivity index (χ0v) is 19.0. The number of hydroxylamine groups is 2. The summed E-state index contributed by atoms with van der Waals surface area (Å²) in [6.07, 6.45) is 2.07. The first-order chi connectivity index (χ1) is 16.4. The van der Waals surface area contributed by atoms with Crippen LogP contribution in [0, 0.1) is 5.92 Å². The van der Waals surface area contributed by atoms with E-state index in [2.05, 4.69) is 5.32 Å². The number of hydrogen-bond donors (Lipinski definition) is 1. The van der Waals surface area contributed by atoms with Crippen molar-refractivity contribution in [3.63, 3.8) is 0 Å². The molecule has 0 spiro atoms. The van der Waals surface area contributed by atoms with E-state index < -0.39 is 23.6 Å². The van der Waals surface area contributed by atoms with Crippen LogP contribution >= 0.6 is 0 Å². The molecule has 10 nitrogen and oxygen atoms in total. The van der Waals surface area contributed by atoms with Gasteiger partial charge in [0.1, 0.15) is 18.9 Å². The van der Waals surface area contributed by atoms with Crippen LogP contribution in [0.1, 0.15) is 50.5 Å². The Balaban J connectivity index is 0.00000281. The fraction of sp³-hybridized carbons (Fsp3) is 0.458. The highest BCUT2D eigenvalue weighted by Crippen LogP contribution is 2.16. The summed E-state index contributed by atoms with van der Waals surface area (Å²) in [4.78, 5) is 83.6. The van der Waals surface area contributed by atoms with E-state index >= 15 is 0 Å². The van der Waals surface area contributed by atoms with Crippen molar-refractivity contribution in [3.8, 4) is 0 Å². The van der Waals surface area contributed by atoms with Crippen molar-refractivity contribution < 1.29 is 38.4 Å². The summed E-state index contributed by atoms with van der Waals surface area (Å²) < 4.78 is 0. The molecule has 1 fully saturated rings. The van der Waals surface area contributed by atoms with Gasteiger partial charge in [-0.15, -0.1) is 0 Å². The number of ketones is 2. The van der Waals surface area contributed by atoms with E-state index in [1.165, 1.54) is 0 Å². The van der Waals surface area contributed by atoms with Crippen LogP contribution in [0.3, 0.4) is 0 Å². The van der Waals surface area contributed by atoms with Gasteiger partial charge in [0.2, 0.25) is 5.91 Å². The summed E-state index contributed by atoms with van der Waals surface area (Å²) in [5.74, 6) is -2.38. The monoisotopic (exact) mass is 474 g/mol. The van der Waals surface area contributed by atoms with Gasteiger partial charge in [0.15, 0.2) is 5.78 Å². The maximum absolute atomic E-state index is 12.7. The number of unbranched alkanes of at least 4 members (excludes halogenated alkanes) is 1. The Bertz CT molecular complexity index is 840. The van der Waals surface area contributed by atoms with Crippen LogP contribution in [0.25, 0.3) is 0 Å². The normalized spacial score (nSPS) is 13.6. The van der Waals surface area contributed by atoms with Crippen molar-refractivity contribution in [1.29, 1.82) is 0 Å². The minimum atomic E-state index is -0.678. The first-order valence-electron chi connectivity index (χ1n) is 11.0. The maximum atomic E-state index is 12.7. The lowest BCUT2D eigenvalue weighted by Gasteiger charge is -2.17. The molecule has 1 aliphatic heterocycles. The quantitative estimate of drug-likeness (QED) is 0.226. The number of hydrogen-bond acceptors (Lipinski definition) is 8. The van der Waals surface area contributed by atoms with Gasteiger partial charge < -0.3 is 14.9 Å². The number of carbonyl (C=O) groups is 7. The molecule has 0 saturated carbocycles. The third-order valence-electron chi connectivity index (χ3n) is 5.01. The third kappa shape index (κ3) is 10.4. The minimum absolute atomic E-state index is 0.0553. The van der Waals surface area contributed by atoms with Gasteiger partial charge in [0.25, 0.3) is 11.8 Å². The molecule has 2 rings (SSSR count). The topological polar surface area (TPSA) is 144 Å². The Labute approximate surface area is 198 Å². The molecule has 0 bridgehead atoms. The van der Waals surface area contributed by atoms with Crippen LogP contribution in [0.15, 0.2) is 30.3 Å². The number of carbonyl (C=O) groups excluding carboxylic acids is 7. The molecular weight excluding hydrogens is 444 g/mol. The fourth-order valence-corrected chi connectivity index (χ4v) is 3.28. The second-order valence-electron chi connectivity index (χ2n) is 7.61. The second-order valence-corrected chi connectivity index (χ2v) is 7.61. The molecule has 3 amide bonds. The Kier molecular flexibility index (Phi) is 13.5. The summed E-state index contributed by atoms with van der Waals surface area (Å²) in [6.45, 7) is 1.71. The molecule has 10 heteroatoms. The Morgan fingerprint density at radius 2 is 1.68 bits per heavy atom. The third-order valence-corrected chi connectivity index (χ3v) is 5.01. The summed E-state index contributed by atoms with van der Waals surface area (Å²) in [6, 6.07) is 9.22. The lowest BCUT2D eigenvalue weighted by molar-refractivity contribution is -0.188. The van der Waals surface area contributed by atoms with Gasteiger partial charge in [0, 0.05) is 44.4 Å². The molecular formula is C24H30N2O8. The first-order valence-corrected chi connectivity index (χ1v) is 11.0. The number of nitrogens with zero attached hydrogens (tertiary/aromatic N) is 1. The van der Waals surface area contributed by atoms with Crippen LogP contribution in [0.2, 0.25) is 0 Å². The molecule has 1 saturated heterocycles. The average Bonchev–Trinajstić information content (AvgIpc) is 3.16. The van der Waals surface area contributed by atoms with E-state index in [0.717, 1.165) is 11.8 Å². The van der Waals surface area contributed by atoms with Gasteiger partial charge in [-0.25, -0.2) is 0 Å². The van der Waals surface area contributed by atoms with Gasteiger partial charge in [-0.3, -0.25) is 28.8 Å². The van der Waals surface area contributed by atoms with Crippen molar-refractivity contribution in [2.24, 2.45) is 5.92 Å². The van der Waals surface area contributed by atoms with Crippen molar-refractivity contribution in [2.75, 3.05) is 13.2 Å². The summed E-state index contributed by atoms with van der Waals surface area (Å²) in [5, 5.41) is 3.28. The molecule has 0 aromatic heterocycles. The van der Waals surface area contributed by atoms with E-state index in [4.69, 9.17) is 9.63 Å². The van der Waals surface area contributed by atoms with E-state index in [-0.39, 0.29) is 56.8 Å². The molecule has 1 aromatic rings.